The minimum atomic E-state index is -3.72. The van der Waals surface area contributed by atoms with Gasteiger partial charge in [-0.3, -0.25) is 0 Å². The lowest BCUT2D eigenvalue weighted by atomic mass is 10.2. The van der Waals surface area contributed by atoms with Crippen LogP contribution in [0.3, 0.4) is 0 Å². The van der Waals surface area contributed by atoms with Crippen molar-refractivity contribution in [3.8, 4) is 11.5 Å². The van der Waals surface area contributed by atoms with Crippen LogP contribution in [0.2, 0.25) is 0 Å². The van der Waals surface area contributed by atoms with E-state index in [9.17, 15) is 13.2 Å². The molecule has 0 radical (unpaired) electrons. The fourth-order valence-electron chi connectivity index (χ4n) is 2.54. The van der Waals surface area contributed by atoms with Crippen LogP contribution in [0.1, 0.15) is 31.1 Å². The van der Waals surface area contributed by atoms with Gasteiger partial charge in [0, 0.05) is 13.1 Å². The lowest BCUT2D eigenvalue weighted by molar-refractivity contribution is 0.187. The lowest BCUT2D eigenvalue weighted by Crippen LogP contribution is -2.39. The minimum absolute atomic E-state index is 0.0758. The van der Waals surface area contributed by atoms with Gasteiger partial charge in [-0.1, -0.05) is 19.4 Å². The van der Waals surface area contributed by atoms with Crippen LogP contribution >= 0.6 is 0 Å². The Morgan fingerprint density at radius 1 is 1.21 bits per heavy atom. The second kappa shape index (κ2) is 10.0. The summed E-state index contributed by atoms with van der Waals surface area (Å²) in [6, 6.07) is 8.23. The number of hydrogen-bond acceptors (Lipinski definition) is 6. The van der Waals surface area contributed by atoms with Crippen LogP contribution in [-0.4, -0.2) is 39.3 Å². The van der Waals surface area contributed by atoms with E-state index in [-0.39, 0.29) is 24.9 Å². The van der Waals surface area contributed by atoms with Crippen LogP contribution < -0.4 is 14.2 Å². The highest BCUT2D eigenvalue weighted by molar-refractivity contribution is 7.86. The number of nitrogens with one attached hydrogen (secondary N) is 1. The van der Waals surface area contributed by atoms with Gasteiger partial charge in [0.15, 0.2) is 11.5 Å². The Hall–Kier alpha value is -2.68. The van der Waals surface area contributed by atoms with Crippen molar-refractivity contribution in [2.45, 2.75) is 32.9 Å². The number of hydrogen-bond donors (Lipinski definition) is 1. The molecule has 1 N–H and O–H groups in total. The summed E-state index contributed by atoms with van der Waals surface area (Å²) in [7, 11) is -2.29. The molecular weight excluding hydrogens is 384 g/mol. The number of ether oxygens (including phenoxy) is 1. The first-order valence-electron chi connectivity index (χ1n) is 8.94. The zero-order valence-corrected chi connectivity index (χ0v) is 17.1. The van der Waals surface area contributed by atoms with Crippen molar-refractivity contribution in [3.05, 3.63) is 47.9 Å². The number of methoxy groups -OCH3 is 1. The third-order valence-electron chi connectivity index (χ3n) is 3.86. The molecular formula is C19H26N2O6S. The van der Waals surface area contributed by atoms with Crippen LogP contribution in [0.15, 0.2) is 41.0 Å². The molecule has 9 heteroatoms. The number of nitrogens with zero attached hydrogens (tertiary/aromatic N) is 1. The van der Waals surface area contributed by atoms with Crippen molar-refractivity contribution >= 4 is 16.1 Å². The second-order valence-corrected chi connectivity index (χ2v) is 7.87. The van der Waals surface area contributed by atoms with Gasteiger partial charge in [-0.2, -0.15) is 8.42 Å². The third-order valence-corrected chi connectivity index (χ3v) is 4.35. The van der Waals surface area contributed by atoms with Crippen LogP contribution in [0.25, 0.3) is 0 Å². The molecule has 0 aliphatic carbocycles. The molecule has 0 aliphatic rings. The molecule has 0 fully saturated rings. The highest BCUT2D eigenvalue weighted by Crippen LogP contribution is 2.29. The van der Waals surface area contributed by atoms with E-state index < -0.39 is 10.1 Å². The highest BCUT2D eigenvalue weighted by atomic mass is 32.2. The molecule has 2 amide bonds. The molecule has 154 valence electrons. The third kappa shape index (κ3) is 6.80. The first-order valence-corrected chi connectivity index (χ1v) is 10.8. The summed E-state index contributed by atoms with van der Waals surface area (Å²) >= 11 is 0. The van der Waals surface area contributed by atoms with E-state index >= 15 is 0 Å². The van der Waals surface area contributed by atoms with E-state index in [0.29, 0.717) is 23.6 Å². The maximum atomic E-state index is 12.6. The van der Waals surface area contributed by atoms with Crippen LogP contribution in [-0.2, 0) is 23.2 Å². The van der Waals surface area contributed by atoms with Gasteiger partial charge < -0.3 is 23.6 Å². The van der Waals surface area contributed by atoms with E-state index in [1.165, 1.54) is 7.11 Å². The monoisotopic (exact) mass is 410 g/mol. The average molecular weight is 410 g/mol. The van der Waals surface area contributed by atoms with Gasteiger partial charge in [-0.05, 0) is 36.2 Å². The normalized spacial score (nSPS) is 11.1. The average Bonchev–Trinajstić information content (AvgIpc) is 3.13. The van der Waals surface area contributed by atoms with Crippen LogP contribution in [0.5, 0.6) is 11.5 Å². The predicted octanol–water partition coefficient (Wildman–Crippen LogP) is 3.14. The molecule has 0 saturated carbocycles. The Morgan fingerprint density at radius 2 is 2.00 bits per heavy atom. The van der Waals surface area contributed by atoms with Crippen LogP contribution in [0.4, 0.5) is 4.79 Å². The van der Waals surface area contributed by atoms with Crippen molar-refractivity contribution in [3.63, 3.8) is 0 Å². The molecule has 28 heavy (non-hydrogen) atoms. The standard InChI is InChI=1S/C19H26N2O6S/c1-4-5-10-20-19(22)21(14-16-7-6-11-26-16)13-15-8-9-17(25-2)18(12-15)27-28(3,23)24/h6-9,11-12H,4-5,10,13-14H2,1-3H3,(H,20,22). The summed E-state index contributed by atoms with van der Waals surface area (Å²) in [6.45, 7) is 3.14. The summed E-state index contributed by atoms with van der Waals surface area (Å²) in [4.78, 5) is 14.2. The van der Waals surface area contributed by atoms with Gasteiger partial charge in [-0.25, -0.2) is 4.79 Å². The minimum Gasteiger partial charge on any atom is -0.493 e. The number of urea groups is 1. The molecule has 2 aromatic rings. The summed E-state index contributed by atoms with van der Waals surface area (Å²) in [5.74, 6) is 1.01. The molecule has 0 atom stereocenters. The molecule has 0 unspecified atom stereocenters. The SMILES string of the molecule is CCCCNC(=O)N(Cc1ccc(OC)c(OS(C)(=O)=O)c1)Cc1ccco1. The van der Waals surface area contributed by atoms with Gasteiger partial charge >= 0.3 is 16.1 Å². The summed E-state index contributed by atoms with van der Waals surface area (Å²) < 4.78 is 38.5. The number of rotatable bonds is 10. The van der Waals surface area contributed by atoms with Gasteiger partial charge in [-0.15, -0.1) is 0 Å². The summed E-state index contributed by atoms with van der Waals surface area (Å²) in [5, 5.41) is 2.89. The molecule has 1 aromatic carbocycles. The molecule has 1 aromatic heterocycles. The lowest BCUT2D eigenvalue weighted by Gasteiger charge is -2.23. The highest BCUT2D eigenvalue weighted by Gasteiger charge is 2.18. The van der Waals surface area contributed by atoms with Gasteiger partial charge in [0.05, 0.1) is 26.2 Å². The fraction of sp³-hybridized carbons (Fsp3) is 0.421. The fourth-order valence-corrected chi connectivity index (χ4v) is 3.00. The zero-order chi connectivity index (χ0) is 20.6. The van der Waals surface area contributed by atoms with Crippen molar-refractivity contribution in [2.75, 3.05) is 19.9 Å². The number of carbonyl (C=O) groups is 1. The Labute approximate surface area is 165 Å². The van der Waals surface area contributed by atoms with Crippen molar-refractivity contribution in [1.82, 2.24) is 10.2 Å². The van der Waals surface area contributed by atoms with Crippen LogP contribution in [0, 0.1) is 0 Å². The van der Waals surface area contributed by atoms with E-state index in [1.807, 2.05) is 6.92 Å². The van der Waals surface area contributed by atoms with E-state index in [0.717, 1.165) is 19.1 Å². The van der Waals surface area contributed by atoms with Gasteiger partial charge in [0.2, 0.25) is 0 Å². The second-order valence-electron chi connectivity index (χ2n) is 6.29. The summed E-state index contributed by atoms with van der Waals surface area (Å²) in [6.07, 6.45) is 4.37. The quantitative estimate of drug-likeness (QED) is 0.477. The Kier molecular flexibility index (Phi) is 7.74. The number of carbonyl (C=O) groups excluding carboxylic acids is 1. The van der Waals surface area contributed by atoms with E-state index in [2.05, 4.69) is 5.32 Å². The smallest absolute Gasteiger partial charge is 0.318 e. The topological polar surface area (TPSA) is 98.1 Å². The summed E-state index contributed by atoms with van der Waals surface area (Å²) in [5.41, 5.74) is 0.691. The number of amides is 2. The maximum Gasteiger partial charge on any atom is 0.318 e. The molecule has 0 spiro atoms. The Balaban J connectivity index is 2.21. The largest absolute Gasteiger partial charge is 0.493 e. The van der Waals surface area contributed by atoms with E-state index in [4.69, 9.17) is 13.3 Å². The van der Waals surface area contributed by atoms with Crippen molar-refractivity contribution in [1.29, 1.82) is 0 Å². The number of furan rings is 1. The number of benzene rings is 1. The Bertz CT molecular complexity index is 865. The molecule has 1 heterocycles. The van der Waals surface area contributed by atoms with Crippen molar-refractivity contribution < 1.29 is 26.5 Å². The van der Waals surface area contributed by atoms with Gasteiger partial charge in [0.1, 0.15) is 5.76 Å². The first-order chi connectivity index (χ1) is 13.3. The zero-order valence-electron chi connectivity index (χ0n) is 16.3. The predicted molar refractivity (Wildman–Crippen MR) is 105 cm³/mol. The first kappa shape index (κ1) is 21.6. The number of unbranched alkanes of at least 4 members (excludes halogenated alkanes) is 1. The van der Waals surface area contributed by atoms with E-state index in [1.54, 1.807) is 41.5 Å². The molecule has 0 aliphatic heterocycles. The Morgan fingerprint density at radius 3 is 2.61 bits per heavy atom. The molecule has 2 rings (SSSR count). The maximum absolute atomic E-state index is 12.6. The molecule has 8 nitrogen and oxygen atoms in total. The van der Waals surface area contributed by atoms with Gasteiger partial charge in [0.25, 0.3) is 0 Å². The molecule has 0 saturated heterocycles. The van der Waals surface area contributed by atoms with Crippen molar-refractivity contribution in [2.24, 2.45) is 0 Å². The molecule has 0 bridgehead atoms.